The first-order valence-electron chi connectivity index (χ1n) is 5.88. The Hall–Kier alpha value is -1.89. The Morgan fingerprint density at radius 3 is 2.79 bits per heavy atom. The highest BCUT2D eigenvalue weighted by molar-refractivity contribution is 7.91. The van der Waals surface area contributed by atoms with Crippen molar-refractivity contribution in [2.24, 2.45) is 0 Å². The quantitative estimate of drug-likeness (QED) is 0.819. The van der Waals surface area contributed by atoms with E-state index in [9.17, 15) is 13.2 Å². The Kier molecular flexibility index (Phi) is 3.57. The van der Waals surface area contributed by atoms with Gasteiger partial charge in [-0.2, -0.15) is 0 Å². The number of nitrogens with zero attached hydrogens (tertiary/aromatic N) is 2. The predicted molar refractivity (Wildman–Crippen MR) is 74.7 cm³/mol. The molecule has 0 atom stereocenters. The summed E-state index contributed by atoms with van der Waals surface area (Å²) in [6.07, 6.45) is 1.37. The first kappa shape index (κ1) is 13.5. The van der Waals surface area contributed by atoms with Crippen LogP contribution in [-0.4, -0.2) is 29.5 Å². The smallest absolute Gasteiger partial charge is 0.261 e. The molecule has 0 amide bonds. The zero-order chi connectivity index (χ0) is 14.0. The molecule has 2 N–H and O–H groups in total. The highest BCUT2D eigenvalue weighted by Gasteiger charge is 2.10. The van der Waals surface area contributed by atoms with E-state index in [2.05, 4.69) is 4.98 Å². The minimum atomic E-state index is -3.11. The summed E-state index contributed by atoms with van der Waals surface area (Å²) >= 11 is 0. The molecule has 1 heterocycles. The van der Waals surface area contributed by atoms with E-state index >= 15 is 0 Å². The lowest BCUT2D eigenvalue weighted by Crippen LogP contribution is -2.25. The average Bonchev–Trinajstić information content (AvgIpc) is 2.39. The third kappa shape index (κ3) is 2.93. The average molecular weight is 281 g/mol. The van der Waals surface area contributed by atoms with E-state index in [1.54, 1.807) is 25.1 Å². The lowest BCUT2D eigenvalue weighted by atomic mass is 10.2. The molecule has 1 aromatic heterocycles. The first-order valence-corrected chi connectivity index (χ1v) is 7.70. The van der Waals surface area contributed by atoms with E-state index < -0.39 is 9.84 Å². The summed E-state index contributed by atoms with van der Waals surface area (Å²) in [7, 11) is -3.11. The third-order valence-corrected chi connectivity index (χ3v) is 4.62. The van der Waals surface area contributed by atoms with Gasteiger partial charge in [0.05, 0.1) is 23.0 Å². The molecular weight excluding hydrogens is 266 g/mol. The number of hydrogen-bond donors (Lipinski definition) is 1. The molecule has 0 spiro atoms. The summed E-state index contributed by atoms with van der Waals surface area (Å²) in [6.45, 7) is 1.68. The van der Waals surface area contributed by atoms with Crippen LogP contribution >= 0.6 is 0 Å². The van der Waals surface area contributed by atoms with Gasteiger partial charge in [0, 0.05) is 18.0 Å². The number of fused-ring (bicyclic) bond motifs is 1. The molecule has 2 aromatic rings. The summed E-state index contributed by atoms with van der Waals surface area (Å²) in [5, 5.41) is 0.399. The number of aryl methyl sites for hydroxylation is 1. The zero-order valence-electron chi connectivity index (χ0n) is 10.5. The number of sulfone groups is 1. The second-order valence-corrected chi connectivity index (χ2v) is 6.73. The van der Waals surface area contributed by atoms with Crippen molar-refractivity contribution in [3.63, 3.8) is 0 Å². The predicted octanol–water partition coefficient (Wildman–Crippen LogP) is 0.413. The largest absolute Gasteiger partial charge is 0.399 e. The minimum absolute atomic E-state index is 0.0652. The Balaban J connectivity index is 2.40. The van der Waals surface area contributed by atoms with Gasteiger partial charge in [0.2, 0.25) is 0 Å². The van der Waals surface area contributed by atoms with Crippen molar-refractivity contribution < 1.29 is 8.42 Å². The van der Waals surface area contributed by atoms with E-state index in [4.69, 9.17) is 5.73 Å². The van der Waals surface area contributed by atoms with Crippen molar-refractivity contribution in [3.8, 4) is 0 Å². The number of aromatic nitrogens is 2. The number of rotatable bonds is 4. The van der Waals surface area contributed by atoms with Gasteiger partial charge in [-0.05, 0) is 18.2 Å². The van der Waals surface area contributed by atoms with Crippen LogP contribution < -0.4 is 11.3 Å². The van der Waals surface area contributed by atoms with Crippen molar-refractivity contribution >= 4 is 26.4 Å². The molecule has 102 valence electrons. The first-order chi connectivity index (χ1) is 8.93. The van der Waals surface area contributed by atoms with Crippen molar-refractivity contribution in [1.82, 2.24) is 9.55 Å². The summed E-state index contributed by atoms with van der Waals surface area (Å²) in [6, 6.07) is 4.88. The fraction of sp³-hybridized carbons (Fsp3) is 0.333. The molecule has 0 aliphatic carbocycles. The molecule has 6 nitrogen and oxygen atoms in total. The maximum Gasteiger partial charge on any atom is 0.261 e. The van der Waals surface area contributed by atoms with Gasteiger partial charge in [0.1, 0.15) is 0 Å². The Morgan fingerprint density at radius 1 is 1.37 bits per heavy atom. The second-order valence-electron chi connectivity index (χ2n) is 4.26. The topological polar surface area (TPSA) is 95.1 Å². The van der Waals surface area contributed by atoms with E-state index in [0.29, 0.717) is 16.6 Å². The Morgan fingerprint density at radius 2 is 2.11 bits per heavy atom. The van der Waals surface area contributed by atoms with Crippen LogP contribution in [0.15, 0.2) is 29.3 Å². The number of hydrogen-bond acceptors (Lipinski definition) is 5. The van der Waals surface area contributed by atoms with Gasteiger partial charge in [-0.3, -0.25) is 9.36 Å². The Labute approximate surface area is 110 Å². The van der Waals surface area contributed by atoms with Crippen LogP contribution in [0.3, 0.4) is 0 Å². The van der Waals surface area contributed by atoms with Gasteiger partial charge < -0.3 is 5.73 Å². The van der Waals surface area contributed by atoms with E-state index in [0.717, 1.165) is 0 Å². The molecule has 0 radical (unpaired) electrons. The van der Waals surface area contributed by atoms with Crippen molar-refractivity contribution in [2.45, 2.75) is 13.5 Å². The highest BCUT2D eigenvalue weighted by Crippen LogP contribution is 2.10. The van der Waals surface area contributed by atoms with E-state index in [1.165, 1.54) is 10.9 Å². The van der Waals surface area contributed by atoms with Crippen LogP contribution in [0.4, 0.5) is 5.69 Å². The summed E-state index contributed by atoms with van der Waals surface area (Å²) in [5.74, 6) is -0.00534. The standard InChI is InChI=1S/C12H15N3O3S/c1-2-19(17,18)6-5-15-8-14-11-4-3-9(13)7-10(11)12(15)16/h3-4,7-8H,2,5-6,13H2,1H3. The fourth-order valence-electron chi connectivity index (χ4n) is 1.72. The molecule has 0 unspecified atom stereocenters. The van der Waals surface area contributed by atoms with Gasteiger partial charge in [0.25, 0.3) is 5.56 Å². The molecule has 0 aliphatic rings. The molecule has 0 saturated heterocycles. The molecular formula is C12H15N3O3S. The molecule has 1 aromatic carbocycles. The molecule has 0 fully saturated rings. The molecule has 0 saturated carbocycles. The SMILES string of the molecule is CCS(=O)(=O)CCn1cnc2ccc(N)cc2c1=O. The number of anilines is 1. The van der Waals surface area contributed by atoms with Crippen molar-refractivity contribution in [1.29, 1.82) is 0 Å². The molecule has 7 heteroatoms. The molecule has 2 rings (SSSR count). The maximum atomic E-state index is 12.2. The highest BCUT2D eigenvalue weighted by atomic mass is 32.2. The van der Waals surface area contributed by atoms with E-state index in [-0.39, 0.29) is 23.6 Å². The van der Waals surface area contributed by atoms with Crippen LogP contribution in [0.5, 0.6) is 0 Å². The summed E-state index contributed by atoms with van der Waals surface area (Å²) in [5.41, 5.74) is 6.39. The van der Waals surface area contributed by atoms with Gasteiger partial charge in [-0.15, -0.1) is 0 Å². The van der Waals surface area contributed by atoms with Crippen molar-refractivity contribution in [3.05, 3.63) is 34.9 Å². The van der Waals surface area contributed by atoms with Crippen LogP contribution in [0, 0.1) is 0 Å². The van der Waals surface area contributed by atoms with Crippen LogP contribution in [0.2, 0.25) is 0 Å². The minimum Gasteiger partial charge on any atom is -0.399 e. The van der Waals surface area contributed by atoms with Gasteiger partial charge in [-0.1, -0.05) is 6.92 Å². The number of nitrogens with two attached hydrogens (primary N) is 1. The Bertz CT molecular complexity index is 765. The van der Waals surface area contributed by atoms with Crippen LogP contribution in [-0.2, 0) is 16.4 Å². The summed E-state index contributed by atoms with van der Waals surface area (Å²) < 4.78 is 24.2. The van der Waals surface area contributed by atoms with E-state index in [1.807, 2.05) is 0 Å². The molecule has 0 aliphatic heterocycles. The number of benzene rings is 1. The lowest BCUT2D eigenvalue weighted by Gasteiger charge is -2.07. The maximum absolute atomic E-state index is 12.2. The van der Waals surface area contributed by atoms with Gasteiger partial charge >= 0.3 is 0 Å². The molecule has 19 heavy (non-hydrogen) atoms. The zero-order valence-corrected chi connectivity index (χ0v) is 11.4. The van der Waals surface area contributed by atoms with Gasteiger partial charge in [-0.25, -0.2) is 13.4 Å². The van der Waals surface area contributed by atoms with Crippen molar-refractivity contribution in [2.75, 3.05) is 17.2 Å². The van der Waals surface area contributed by atoms with Crippen LogP contribution in [0.1, 0.15) is 6.92 Å². The summed E-state index contributed by atoms with van der Waals surface area (Å²) in [4.78, 5) is 16.3. The van der Waals surface area contributed by atoms with Crippen LogP contribution in [0.25, 0.3) is 10.9 Å². The van der Waals surface area contributed by atoms with Gasteiger partial charge in [0.15, 0.2) is 9.84 Å². The molecule has 0 bridgehead atoms. The normalized spacial score (nSPS) is 11.8. The number of nitrogen functional groups attached to an aromatic ring is 1. The lowest BCUT2D eigenvalue weighted by molar-refractivity contribution is 0.588. The third-order valence-electron chi connectivity index (χ3n) is 2.93. The second kappa shape index (κ2) is 5.00. The monoisotopic (exact) mass is 281 g/mol. The fourth-order valence-corrected chi connectivity index (χ4v) is 2.48.